The van der Waals surface area contributed by atoms with Crippen molar-refractivity contribution < 1.29 is 8.78 Å². The molecule has 0 amide bonds. The van der Waals surface area contributed by atoms with Crippen molar-refractivity contribution in [3.63, 3.8) is 0 Å². The Balaban J connectivity index is 2.49. The van der Waals surface area contributed by atoms with Crippen LogP contribution < -0.4 is 0 Å². The third kappa shape index (κ3) is 2.98. The summed E-state index contributed by atoms with van der Waals surface area (Å²) in [6.07, 6.45) is 0. The van der Waals surface area contributed by atoms with Crippen LogP contribution >= 0.6 is 27.5 Å². The van der Waals surface area contributed by atoms with Crippen molar-refractivity contribution in [1.82, 2.24) is 0 Å². The third-order valence-corrected chi connectivity index (χ3v) is 4.05. The highest BCUT2D eigenvalue weighted by Crippen LogP contribution is 2.34. The number of rotatable bonds is 2. The van der Waals surface area contributed by atoms with E-state index in [4.69, 9.17) is 11.6 Å². The monoisotopic (exact) mass is 344 g/mol. The summed E-state index contributed by atoms with van der Waals surface area (Å²) in [5, 5.41) is -0.840. The molecule has 2 aromatic carbocycles. The van der Waals surface area contributed by atoms with E-state index in [1.54, 1.807) is 6.07 Å². The molecular weight excluding hydrogens is 334 g/mol. The van der Waals surface area contributed by atoms with Gasteiger partial charge in [0.25, 0.3) is 0 Å². The summed E-state index contributed by atoms with van der Waals surface area (Å²) >= 11 is 9.27. The van der Waals surface area contributed by atoms with E-state index in [1.165, 1.54) is 12.1 Å². The summed E-state index contributed by atoms with van der Waals surface area (Å²) in [4.78, 5) is 0. The van der Waals surface area contributed by atoms with Crippen LogP contribution in [-0.2, 0) is 0 Å². The van der Waals surface area contributed by atoms with E-state index in [-0.39, 0.29) is 5.56 Å². The first-order valence-electron chi connectivity index (χ1n) is 5.76. The molecule has 0 bridgehead atoms. The number of halogens is 4. The molecule has 0 aromatic heterocycles. The van der Waals surface area contributed by atoms with E-state index in [0.717, 1.165) is 11.1 Å². The summed E-state index contributed by atoms with van der Waals surface area (Å²) < 4.78 is 28.1. The molecule has 0 aliphatic rings. The summed E-state index contributed by atoms with van der Waals surface area (Å²) in [6.45, 7) is 3.92. The molecule has 0 nitrogen and oxygen atoms in total. The van der Waals surface area contributed by atoms with Crippen LogP contribution in [0.4, 0.5) is 8.78 Å². The highest BCUT2D eigenvalue weighted by atomic mass is 79.9. The van der Waals surface area contributed by atoms with Crippen LogP contribution in [0.1, 0.15) is 27.6 Å². The molecule has 0 radical (unpaired) electrons. The zero-order valence-electron chi connectivity index (χ0n) is 10.5. The minimum Gasteiger partial charge on any atom is -0.206 e. The Bertz CT molecular complexity index is 603. The van der Waals surface area contributed by atoms with E-state index in [2.05, 4.69) is 15.9 Å². The number of alkyl halides is 1. The number of benzene rings is 2. The van der Waals surface area contributed by atoms with Crippen LogP contribution in [0.15, 0.2) is 34.8 Å². The molecule has 1 unspecified atom stereocenters. The Morgan fingerprint density at radius 1 is 1.00 bits per heavy atom. The minimum atomic E-state index is -0.840. The van der Waals surface area contributed by atoms with E-state index < -0.39 is 17.0 Å². The molecule has 2 aromatic rings. The Kier molecular flexibility index (Phi) is 4.26. The number of hydrogen-bond acceptors (Lipinski definition) is 0. The first-order valence-corrected chi connectivity index (χ1v) is 6.98. The Morgan fingerprint density at radius 3 is 2.11 bits per heavy atom. The van der Waals surface area contributed by atoms with Gasteiger partial charge in [-0.25, -0.2) is 8.78 Å². The van der Waals surface area contributed by atoms with Crippen molar-refractivity contribution in [2.24, 2.45) is 0 Å². The van der Waals surface area contributed by atoms with Crippen molar-refractivity contribution in [3.8, 4) is 0 Å². The van der Waals surface area contributed by atoms with Gasteiger partial charge in [-0.2, -0.15) is 0 Å². The molecule has 0 saturated carbocycles. The van der Waals surface area contributed by atoms with Crippen LogP contribution in [0.25, 0.3) is 0 Å². The summed E-state index contributed by atoms with van der Waals surface area (Å²) in [7, 11) is 0. The van der Waals surface area contributed by atoms with Crippen LogP contribution in [0.5, 0.6) is 0 Å². The number of aryl methyl sites for hydroxylation is 2. The summed E-state index contributed by atoms with van der Waals surface area (Å²) in [6, 6.07) is 7.98. The summed E-state index contributed by atoms with van der Waals surface area (Å²) in [5.74, 6) is -1.30. The SMILES string of the molecule is Cc1ccc(C(Cl)c2c(F)cc(Br)cc2F)cc1C. The molecule has 2 rings (SSSR count). The van der Waals surface area contributed by atoms with Gasteiger partial charge in [0.05, 0.1) is 5.38 Å². The van der Waals surface area contributed by atoms with Crippen LogP contribution in [0, 0.1) is 25.5 Å². The van der Waals surface area contributed by atoms with E-state index in [0.29, 0.717) is 10.0 Å². The maximum Gasteiger partial charge on any atom is 0.132 e. The van der Waals surface area contributed by atoms with Crippen LogP contribution in [-0.4, -0.2) is 0 Å². The zero-order valence-corrected chi connectivity index (χ0v) is 12.8. The fourth-order valence-electron chi connectivity index (χ4n) is 1.88. The van der Waals surface area contributed by atoms with Crippen LogP contribution in [0.3, 0.4) is 0 Å². The second-order valence-corrected chi connectivity index (χ2v) is 5.84. The molecule has 4 heteroatoms. The Hall–Kier alpha value is -0.930. The average molecular weight is 346 g/mol. The Labute approximate surface area is 124 Å². The lowest BCUT2D eigenvalue weighted by Crippen LogP contribution is -2.02. The van der Waals surface area contributed by atoms with Gasteiger partial charge in [0.2, 0.25) is 0 Å². The van der Waals surface area contributed by atoms with Gasteiger partial charge < -0.3 is 0 Å². The molecule has 0 spiro atoms. The van der Waals surface area contributed by atoms with Gasteiger partial charge in [-0.15, -0.1) is 11.6 Å². The number of hydrogen-bond donors (Lipinski definition) is 0. The van der Waals surface area contributed by atoms with Crippen molar-refractivity contribution >= 4 is 27.5 Å². The van der Waals surface area contributed by atoms with Gasteiger partial charge in [-0.3, -0.25) is 0 Å². The Morgan fingerprint density at radius 2 is 1.58 bits per heavy atom. The predicted molar refractivity (Wildman–Crippen MR) is 77.7 cm³/mol. The van der Waals surface area contributed by atoms with Crippen molar-refractivity contribution in [1.29, 1.82) is 0 Å². The minimum absolute atomic E-state index is 0.117. The fourth-order valence-corrected chi connectivity index (χ4v) is 2.63. The van der Waals surface area contributed by atoms with E-state index in [9.17, 15) is 8.78 Å². The largest absolute Gasteiger partial charge is 0.206 e. The lowest BCUT2D eigenvalue weighted by molar-refractivity contribution is 0.557. The van der Waals surface area contributed by atoms with Gasteiger partial charge >= 0.3 is 0 Å². The van der Waals surface area contributed by atoms with Crippen molar-refractivity contribution in [2.75, 3.05) is 0 Å². The van der Waals surface area contributed by atoms with Crippen LogP contribution in [0.2, 0.25) is 0 Å². The molecule has 100 valence electrons. The van der Waals surface area contributed by atoms with Gasteiger partial charge in [0, 0.05) is 10.0 Å². The van der Waals surface area contributed by atoms with Gasteiger partial charge in [-0.1, -0.05) is 34.1 Å². The standard InChI is InChI=1S/C15H12BrClF2/c1-8-3-4-10(5-9(8)2)15(17)14-12(18)6-11(16)7-13(14)19/h3-7,15H,1-2H3. The molecular formula is C15H12BrClF2. The maximum atomic E-state index is 13.9. The van der Waals surface area contributed by atoms with E-state index in [1.807, 2.05) is 26.0 Å². The molecule has 0 aliphatic heterocycles. The average Bonchev–Trinajstić information content (AvgIpc) is 2.31. The second-order valence-electron chi connectivity index (χ2n) is 4.49. The molecule has 0 heterocycles. The molecule has 19 heavy (non-hydrogen) atoms. The third-order valence-electron chi connectivity index (χ3n) is 3.12. The molecule has 0 N–H and O–H groups in total. The lowest BCUT2D eigenvalue weighted by atomic mass is 9.99. The molecule has 1 atom stereocenters. The lowest BCUT2D eigenvalue weighted by Gasteiger charge is -2.14. The zero-order chi connectivity index (χ0) is 14.2. The highest BCUT2D eigenvalue weighted by Gasteiger charge is 2.21. The highest BCUT2D eigenvalue weighted by molar-refractivity contribution is 9.10. The summed E-state index contributed by atoms with van der Waals surface area (Å²) in [5.41, 5.74) is 2.73. The molecule has 0 fully saturated rings. The predicted octanol–water partition coefficient (Wildman–Crippen LogP) is 5.67. The quantitative estimate of drug-likeness (QED) is 0.615. The second kappa shape index (κ2) is 5.59. The maximum absolute atomic E-state index is 13.9. The first kappa shape index (κ1) is 14.5. The molecule has 0 aliphatic carbocycles. The van der Waals surface area contributed by atoms with Crippen molar-refractivity contribution in [2.45, 2.75) is 19.2 Å². The van der Waals surface area contributed by atoms with Gasteiger partial charge in [0.15, 0.2) is 0 Å². The van der Waals surface area contributed by atoms with Gasteiger partial charge in [-0.05, 0) is 42.7 Å². The molecule has 0 saturated heterocycles. The van der Waals surface area contributed by atoms with Gasteiger partial charge in [0.1, 0.15) is 11.6 Å². The smallest absolute Gasteiger partial charge is 0.132 e. The fraction of sp³-hybridized carbons (Fsp3) is 0.200. The topological polar surface area (TPSA) is 0 Å². The van der Waals surface area contributed by atoms with Crippen molar-refractivity contribution in [3.05, 3.63) is 68.7 Å². The van der Waals surface area contributed by atoms with E-state index >= 15 is 0 Å². The first-order chi connectivity index (χ1) is 8.90. The normalized spacial score (nSPS) is 12.5.